The molecule has 0 aliphatic carbocycles. The number of rotatable bonds is 3. The van der Waals surface area contributed by atoms with Crippen LogP contribution in [0.1, 0.15) is 25.7 Å². The molecule has 2 rings (SSSR count). The third-order valence-corrected chi connectivity index (χ3v) is 5.15. The second kappa shape index (κ2) is 5.00. The van der Waals surface area contributed by atoms with Gasteiger partial charge in [-0.15, -0.1) is 0 Å². The van der Waals surface area contributed by atoms with Gasteiger partial charge in [0.25, 0.3) is 0 Å². The Labute approximate surface area is 97.0 Å². The summed E-state index contributed by atoms with van der Waals surface area (Å²) in [6.45, 7) is 1.78. The largest absolute Gasteiger partial charge is 0.377 e. The molecule has 2 aliphatic rings. The number of hydrogen-bond donors (Lipinski definition) is 1. The van der Waals surface area contributed by atoms with E-state index in [4.69, 9.17) is 10.5 Å². The third kappa shape index (κ3) is 2.94. The van der Waals surface area contributed by atoms with Gasteiger partial charge >= 0.3 is 0 Å². The van der Waals surface area contributed by atoms with Gasteiger partial charge in [0.1, 0.15) is 0 Å². The number of sulfonamides is 1. The number of ether oxygens (including phenoxy) is 1. The van der Waals surface area contributed by atoms with Crippen LogP contribution in [0.15, 0.2) is 0 Å². The van der Waals surface area contributed by atoms with Crippen LogP contribution in [0.3, 0.4) is 0 Å². The predicted octanol–water partition coefficient (Wildman–Crippen LogP) is -0.0817. The van der Waals surface area contributed by atoms with Crippen molar-refractivity contribution in [3.63, 3.8) is 0 Å². The lowest BCUT2D eigenvalue weighted by atomic mass is 10.1. The van der Waals surface area contributed by atoms with Crippen LogP contribution in [-0.4, -0.2) is 50.3 Å². The topological polar surface area (TPSA) is 72.6 Å². The molecule has 2 saturated heterocycles. The van der Waals surface area contributed by atoms with E-state index in [2.05, 4.69) is 0 Å². The molecule has 0 aromatic carbocycles. The summed E-state index contributed by atoms with van der Waals surface area (Å²) in [6, 6.07) is -0.00646. The van der Waals surface area contributed by atoms with Gasteiger partial charge in [-0.3, -0.25) is 0 Å². The van der Waals surface area contributed by atoms with Crippen LogP contribution in [0.25, 0.3) is 0 Å². The lowest BCUT2D eigenvalue weighted by Gasteiger charge is -2.30. The highest BCUT2D eigenvalue weighted by molar-refractivity contribution is 7.89. The molecule has 0 spiro atoms. The number of nitrogens with zero attached hydrogens (tertiary/aromatic N) is 1. The quantitative estimate of drug-likeness (QED) is 0.758. The van der Waals surface area contributed by atoms with E-state index >= 15 is 0 Å². The van der Waals surface area contributed by atoms with Crippen molar-refractivity contribution in [1.29, 1.82) is 0 Å². The molecule has 2 fully saturated rings. The molecule has 16 heavy (non-hydrogen) atoms. The van der Waals surface area contributed by atoms with E-state index in [1.807, 2.05) is 0 Å². The van der Waals surface area contributed by atoms with Crippen molar-refractivity contribution in [2.24, 2.45) is 5.73 Å². The van der Waals surface area contributed by atoms with E-state index in [1.165, 1.54) is 4.31 Å². The minimum absolute atomic E-state index is 0.00646. The molecule has 5 nitrogen and oxygen atoms in total. The van der Waals surface area contributed by atoms with Gasteiger partial charge in [-0.2, -0.15) is 0 Å². The molecule has 0 radical (unpaired) electrons. The van der Waals surface area contributed by atoms with Gasteiger partial charge in [-0.1, -0.05) is 0 Å². The zero-order chi connectivity index (χ0) is 11.6. The van der Waals surface area contributed by atoms with Gasteiger partial charge in [0, 0.05) is 25.7 Å². The Kier molecular flexibility index (Phi) is 3.84. The molecular weight excluding hydrogens is 228 g/mol. The van der Waals surface area contributed by atoms with Gasteiger partial charge in [0.05, 0.1) is 11.9 Å². The van der Waals surface area contributed by atoms with Crippen molar-refractivity contribution in [2.75, 3.05) is 25.4 Å². The first-order valence-corrected chi connectivity index (χ1v) is 7.54. The van der Waals surface area contributed by atoms with Crippen LogP contribution in [-0.2, 0) is 14.8 Å². The molecule has 0 amide bonds. The molecule has 6 heteroatoms. The molecule has 1 unspecified atom stereocenters. The average Bonchev–Trinajstić information content (AvgIpc) is 2.70. The predicted molar refractivity (Wildman–Crippen MR) is 61.5 cm³/mol. The van der Waals surface area contributed by atoms with E-state index in [0.29, 0.717) is 19.7 Å². The van der Waals surface area contributed by atoms with Crippen molar-refractivity contribution < 1.29 is 13.2 Å². The summed E-state index contributed by atoms with van der Waals surface area (Å²) in [4.78, 5) is 0. The zero-order valence-corrected chi connectivity index (χ0v) is 10.3. The Morgan fingerprint density at radius 3 is 2.75 bits per heavy atom. The first kappa shape index (κ1) is 12.3. The Bertz CT molecular complexity index is 325. The minimum Gasteiger partial charge on any atom is -0.377 e. The SMILES string of the molecule is N[C@@H]1CCCN(S(=O)(=O)CC2CCCO2)C1. The maximum atomic E-state index is 12.1. The van der Waals surface area contributed by atoms with Crippen molar-refractivity contribution in [3.05, 3.63) is 0 Å². The fourth-order valence-corrected chi connectivity index (χ4v) is 4.11. The fourth-order valence-electron chi connectivity index (χ4n) is 2.34. The molecule has 94 valence electrons. The molecule has 2 N–H and O–H groups in total. The molecule has 0 saturated carbocycles. The fraction of sp³-hybridized carbons (Fsp3) is 1.00. The summed E-state index contributed by atoms with van der Waals surface area (Å²) in [5, 5.41) is 0. The first-order valence-electron chi connectivity index (χ1n) is 5.93. The summed E-state index contributed by atoms with van der Waals surface area (Å²) >= 11 is 0. The van der Waals surface area contributed by atoms with Gasteiger partial charge in [-0.05, 0) is 25.7 Å². The lowest BCUT2D eigenvalue weighted by molar-refractivity contribution is 0.126. The molecule has 2 aliphatic heterocycles. The Morgan fingerprint density at radius 2 is 2.12 bits per heavy atom. The smallest absolute Gasteiger partial charge is 0.216 e. The maximum Gasteiger partial charge on any atom is 0.216 e. The average molecular weight is 248 g/mol. The number of hydrogen-bond acceptors (Lipinski definition) is 4. The number of nitrogens with two attached hydrogens (primary N) is 1. The second-order valence-electron chi connectivity index (χ2n) is 4.67. The summed E-state index contributed by atoms with van der Waals surface area (Å²) in [5.74, 6) is 0.125. The van der Waals surface area contributed by atoms with Gasteiger partial charge in [0.2, 0.25) is 10.0 Å². The Balaban J connectivity index is 1.94. The highest BCUT2D eigenvalue weighted by Gasteiger charge is 2.31. The van der Waals surface area contributed by atoms with E-state index in [1.54, 1.807) is 0 Å². The maximum absolute atomic E-state index is 12.1. The lowest BCUT2D eigenvalue weighted by Crippen LogP contribution is -2.47. The Hall–Kier alpha value is -0.170. The van der Waals surface area contributed by atoms with Gasteiger partial charge in [0.15, 0.2) is 0 Å². The van der Waals surface area contributed by atoms with Crippen molar-refractivity contribution >= 4 is 10.0 Å². The van der Waals surface area contributed by atoms with Crippen molar-refractivity contribution in [1.82, 2.24) is 4.31 Å². The van der Waals surface area contributed by atoms with Crippen molar-refractivity contribution in [3.8, 4) is 0 Å². The summed E-state index contributed by atoms with van der Waals surface area (Å²) in [7, 11) is -3.17. The molecule has 2 heterocycles. The van der Waals surface area contributed by atoms with Crippen molar-refractivity contribution in [2.45, 2.75) is 37.8 Å². The van der Waals surface area contributed by atoms with Crippen LogP contribution >= 0.6 is 0 Å². The normalized spacial score (nSPS) is 33.1. The first-order chi connectivity index (χ1) is 7.58. The molecule has 0 aromatic heterocycles. The number of piperidine rings is 1. The van der Waals surface area contributed by atoms with Gasteiger partial charge < -0.3 is 10.5 Å². The summed E-state index contributed by atoms with van der Waals surface area (Å²) in [5.41, 5.74) is 5.79. The van der Waals surface area contributed by atoms with Crippen LogP contribution in [0, 0.1) is 0 Å². The molecule has 0 aromatic rings. The highest BCUT2D eigenvalue weighted by atomic mass is 32.2. The second-order valence-corrected chi connectivity index (χ2v) is 6.69. The van der Waals surface area contributed by atoms with Gasteiger partial charge in [-0.25, -0.2) is 12.7 Å². The van der Waals surface area contributed by atoms with Crippen LogP contribution < -0.4 is 5.73 Å². The van der Waals surface area contributed by atoms with E-state index < -0.39 is 10.0 Å². The van der Waals surface area contributed by atoms with E-state index in [0.717, 1.165) is 25.7 Å². The summed E-state index contributed by atoms with van der Waals surface area (Å²) < 4.78 is 31.1. The molecule has 0 bridgehead atoms. The molecular formula is C10H20N2O3S. The minimum atomic E-state index is -3.17. The Morgan fingerprint density at radius 1 is 1.31 bits per heavy atom. The standard InChI is InChI=1S/C10H20N2O3S/c11-9-3-1-5-12(7-9)16(13,14)8-10-4-2-6-15-10/h9-10H,1-8,11H2/t9-,10?/m1/s1. The molecule has 2 atom stereocenters. The highest BCUT2D eigenvalue weighted by Crippen LogP contribution is 2.18. The summed E-state index contributed by atoms with van der Waals surface area (Å²) in [6.07, 6.45) is 3.51. The monoisotopic (exact) mass is 248 g/mol. The van der Waals surface area contributed by atoms with Crippen LogP contribution in [0.4, 0.5) is 0 Å². The van der Waals surface area contributed by atoms with E-state index in [-0.39, 0.29) is 17.9 Å². The van der Waals surface area contributed by atoms with E-state index in [9.17, 15) is 8.42 Å². The third-order valence-electron chi connectivity index (χ3n) is 3.23. The zero-order valence-electron chi connectivity index (χ0n) is 9.47. The van der Waals surface area contributed by atoms with Crippen LogP contribution in [0.2, 0.25) is 0 Å². The van der Waals surface area contributed by atoms with Crippen LogP contribution in [0.5, 0.6) is 0 Å².